The number of aliphatic imine (C=N–C) groups is 1. The second kappa shape index (κ2) is 12.2. The number of nitrogens with zero attached hydrogens (tertiary/aromatic N) is 4. The van der Waals surface area contributed by atoms with Crippen LogP contribution in [0.1, 0.15) is 48.9 Å². The minimum Gasteiger partial charge on any atom is -0.357 e. The van der Waals surface area contributed by atoms with E-state index in [1.165, 1.54) is 0 Å². The number of benzene rings is 1. The molecule has 0 spiro atoms. The van der Waals surface area contributed by atoms with Crippen LogP contribution in [0.25, 0.3) is 5.65 Å². The standard InChI is InChI=1S/C22H29N7O.HI/c1-4-16(3)26-21(30)18-11-9-17(10-12-18)14-24-22(23-5-2)25-15-20-28-27-19-8-6-7-13-29(19)20;/h6-13,16H,4-5,14-15H2,1-3H3,(H,26,30)(H2,23,24,25);1H. The molecule has 0 saturated heterocycles. The summed E-state index contributed by atoms with van der Waals surface area (Å²) >= 11 is 0. The lowest BCUT2D eigenvalue weighted by atomic mass is 10.1. The molecule has 8 nitrogen and oxygen atoms in total. The van der Waals surface area contributed by atoms with Crippen molar-refractivity contribution < 1.29 is 4.79 Å². The number of hydrogen-bond donors (Lipinski definition) is 3. The van der Waals surface area contributed by atoms with E-state index in [0.29, 0.717) is 24.6 Å². The fourth-order valence-electron chi connectivity index (χ4n) is 2.86. The predicted octanol–water partition coefficient (Wildman–Crippen LogP) is 3.13. The maximum absolute atomic E-state index is 12.2. The fraction of sp³-hybridized carbons (Fsp3) is 0.364. The van der Waals surface area contributed by atoms with Crippen LogP contribution in [-0.4, -0.2) is 39.1 Å². The third-order valence-corrected chi connectivity index (χ3v) is 4.77. The van der Waals surface area contributed by atoms with Crippen molar-refractivity contribution in [2.75, 3.05) is 6.54 Å². The van der Waals surface area contributed by atoms with Crippen molar-refractivity contribution in [3.05, 3.63) is 65.6 Å². The van der Waals surface area contributed by atoms with E-state index in [0.717, 1.165) is 30.0 Å². The normalized spacial score (nSPS) is 12.2. The van der Waals surface area contributed by atoms with E-state index < -0.39 is 0 Å². The maximum atomic E-state index is 12.2. The Morgan fingerprint density at radius 3 is 2.58 bits per heavy atom. The maximum Gasteiger partial charge on any atom is 0.251 e. The predicted molar refractivity (Wildman–Crippen MR) is 134 cm³/mol. The van der Waals surface area contributed by atoms with Gasteiger partial charge in [-0.1, -0.05) is 25.1 Å². The molecular weight excluding hydrogens is 505 g/mol. The molecule has 1 unspecified atom stereocenters. The number of nitrogens with one attached hydrogen (secondary N) is 3. The zero-order valence-electron chi connectivity index (χ0n) is 18.1. The Morgan fingerprint density at radius 1 is 1.10 bits per heavy atom. The van der Waals surface area contributed by atoms with Gasteiger partial charge in [-0.25, -0.2) is 4.99 Å². The number of rotatable bonds is 8. The molecule has 0 aliphatic heterocycles. The molecule has 0 aliphatic rings. The second-order valence-corrected chi connectivity index (χ2v) is 7.07. The van der Waals surface area contributed by atoms with Crippen LogP contribution in [0.3, 0.4) is 0 Å². The third-order valence-electron chi connectivity index (χ3n) is 4.77. The zero-order chi connectivity index (χ0) is 21.3. The summed E-state index contributed by atoms with van der Waals surface area (Å²) in [5.74, 6) is 1.46. The summed E-state index contributed by atoms with van der Waals surface area (Å²) in [4.78, 5) is 16.8. The molecule has 0 bridgehead atoms. The molecule has 0 fully saturated rings. The van der Waals surface area contributed by atoms with Crippen LogP contribution in [0.2, 0.25) is 0 Å². The lowest BCUT2D eigenvalue weighted by Crippen LogP contribution is -2.37. The van der Waals surface area contributed by atoms with Gasteiger partial charge in [-0.3, -0.25) is 9.20 Å². The number of halogens is 1. The number of fused-ring (bicyclic) bond motifs is 1. The molecule has 0 saturated carbocycles. The quantitative estimate of drug-likeness (QED) is 0.234. The molecule has 1 atom stereocenters. The Hall–Kier alpha value is -2.69. The SMILES string of the molecule is CCNC(=NCc1ccc(C(=O)NC(C)CC)cc1)NCc1nnc2ccccn12.I. The third kappa shape index (κ3) is 6.91. The first-order valence-electron chi connectivity index (χ1n) is 10.3. The van der Waals surface area contributed by atoms with Gasteiger partial charge in [0.2, 0.25) is 0 Å². The van der Waals surface area contributed by atoms with Crippen molar-refractivity contribution in [1.82, 2.24) is 30.5 Å². The Balaban J connectivity index is 0.00000341. The van der Waals surface area contributed by atoms with Crippen molar-refractivity contribution in [1.29, 1.82) is 0 Å². The summed E-state index contributed by atoms with van der Waals surface area (Å²) < 4.78 is 1.94. The van der Waals surface area contributed by atoms with Crippen LogP contribution in [0, 0.1) is 0 Å². The van der Waals surface area contributed by atoms with E-state index in [9.17, 15) is 4.79 Å². The monoisotopic (exact) mass is 535 g/mol. The fourth-order valence-corrected chi connectivity index (χ4v) is 2.86. The summed E-state index contributed by atoms with van der Waals surface area (Å²) in [6, 6.07) is 13.5. The zero-order valence-corrected chi connectivity index (χ0v) is 20.5. The number of amides is 1. The number of hydrogen-bond acceptors (Lipinski definition) is 4. The number of carbonyl (C=O) groups excluding carboxylic acids is 1. The van der Waals surface area contributed by atoms with Crippen molar-refractivity contribution in [2.45, 2.75) is 46.3 Å². The van der Waals surface area contributed by atoms with Crippen LogP contribution < -0.4 is 16.0 Å². The largest absolute Gasteiger partial charge is 0.357 e. The summed E-state index contributed by atoms with van der Waals surface area (Å²) in [5, 5.41) is 17.9. The molecule has 0 aliphatic carbocycles. The van der Waals surface area contributed by atoms with E-state index in [2.05, 4.69) is 31.1 Å². The topological polar surface area (TPSA) is 95.7 Å². The average molecular weight is 535 g/mol. The molecule has 31 heavy (non-hydrogen) atoms. The Kier molecular flexibility index (Phi) is 9.70. The van der Waals surface area contributed by atoms with Gasteiger partial charge in [0.25, 0.3) is 5.91 Å². The van der Waals surface area contributed by atoms with Crippen LogP contribution in [0.5, 0.6) is 0 Å². The van der Waals surface area contributed by atoms with Crippen LogP contribution in [0.4, 0.5) is 0 Å². The molecule has 2 aromatic heterocycles. The van der Waals surface area contributed by atoms with Gasteiger partial charge in [0.05, 0.1) is 13.1 Å². The Morgan fingerprint density at radius 2 is 1.87 bits per heavy atom. The molecule has 1 amide bonds. The summed E-state index contributed by atoms with van der Waals surface area (Å²) in [6.07, 6.45) is 2.85. The first-order chi connectivity index (χ1) is 14.6. The second-order valence-electron chi connectivity index (χ2n) is 7.07. The molecule has 1 aromatic carbocycles. The van der Waals surface area contributed by atoms with Crippen LogP contribution in [0.15, 0.2) is 53.7 Å². The van der Waals surface area contributed by atoms with Gasteiger partial charge in [-0.2, -0.15) is 0 Å². The van der Waals surface area contributed by atoms with Crippen molar-refractivity contribution in [2.24, 2.45) is 4.99 Å². The number of carbonyl (C=O) groups is 1. The molecule has 166 valence electrons. The highest BCUT2D eigenvalue weighted by Crippen LogP contribution is 2.07. The van der Waals surface area contributed by atoms with E-state index in [-0.39, 0.29) is 35.9 Å². The molecular formula is C22H30IN7O. The highest BCUT2D eigenvalue weighted by atomic mass is 127. The minimum absolute atomic E-state index is 0. The molecule has 3 aromatic rings. The van der Waals surface area contributed by atoms with E-state index >= 15 is 0 Å². The Bertz CT molecular complexity index is 1000. The molecule has 3 N–H and O–H groups in total. The molecule has 2 heterocycles. The smallest absolute Gasteiger partial charge is 0.251 e. The van der Waals surface area contributed by atoms with Crippen LogP contribution in [-0.2, 0) is 13.1 Å². The highest BCUT2D eigenvalue weighted by Gasteiger charge is 2.09. The van der Waals surface area contributed by atoms with Crippen molar-refractivity contribution in [3.63, 3.8) is 0 Å². The number of aromatic nitrogens is 3. The van der Waals surface area contributed by atoms with Gasteiger partial charge in [-0.15, -0.1) is 34.2 Å². The van der Waals surface area contributed by atoms with Gasteiger partial charge in [0, 0.05) is 24.3 Å². The van der Waals surface area contributed by atoms with E-state index in [4.69, 9.17) is 0 Å². The molecule has 0 radical (unpaired) electrons. The minimum atomic E-state index is -0.0464. The first-order valence-corrected chi connectivity index (χ1v) is 10.3. The Labute approximate surface area is 200 Å². The summed E-state index contributed by atoms with van der Waals surface area (Å²) in [7, 11) is 0. The van der Waals surface area contributed by atoms with E-state index in [1.54, 1.807) is 0 Å². The van der Waals surface area contributed by atoms with Gasteiger partial charge >= 0.3 is 0 Å². The van der Waals surface area contributed by atoms with Crippen molar-refractivity contribution >= 4 is 41.5 Å². The number of guanidine groups is 1. The average Bonchev–Trinajstić information content (AvgIpc) is 3.19. The van der Waals surface area contributed by atoms with Gasteiger partial charge in [0.15, 0.2) is 17.4 Å². The summed E-state index contributed by atoms with van der Waals surface area (Å²) in [5.41, 5.74) is 2.50. The van der Waals surface area contributed by atoms with Gasteiger partial charge in [-0.05, 0) is 50.1 Å². The number of pyridine rings is 1. The molecule has 9 heteroatoms. The van der Waals surface area contributed by atoms with Crippen LogP contribution >= 0.6 is 24.0 Å². The lowest BCUT2D eigenvalue weighted by Gasteiger charge is -2.12. The first kappa shape index (κ1) is 24.6. The molecule has 3 rings (SSSR count). The van der Waals surface area contributed by atoms with Gasteiger partial charge in [0.1, 0.15) is 0 Å². The summed E-state index contributed by atoms with van der Waals surface area (Å²) in [6.45, 7) is 7.83. The lowest BCUT2D eigenvalue weighted by molar-refractivity contribution is 0.0939. The van der Waals surface area contributed by atoms with Crippen molar-refractivity contribution in [3.8, 4) is 0 Å². The highest BCUT2D eigenvalue weighted by molar-refractivity contribution is 14.0. The van der Waals surface area contributed by atoms with E-state index in [1.807, 2.05) is 73.8 Å². The van der Waals surface area contributed by atoms with Gasteiger partial charge < -0.3 is 16.0 Å².